The van der Waals surface area contributed by atoms with E-state index < -0.39 is 17.1 Å². The molecular weight excluding hydrogens is 569 g/mol. The Morgan fingerprint density at radius 2 is 1.58 bits per heavy atom. The zero-order valence-corrected chi connectivity index (χ0v) is 24.7. The van der Waals surface area contributed by atoms with Crippen molar-refractivity contribution in [2.75, 3.05) is 18.5 Å². The summed E-state index contributed by atoms with van der Waals surface area (Å²) in [5.41, 5.74) is 4.93. The van der Waals surface area contributed by atoms with Crippen LogP contribution < -0.4 is 14.8 Å². The van der Waals surface area contributed by atoms with Crippen LogP contribution in [-0.2, 0) is 16.2 Å². The maximum absolute atomic E-state index is 13.1. The molecule has 1 fully saturated rings. The molecule has 1 N–H and O–H groups in total. The largest absolute Gasteiger partial charge is 0.494 e. The fraction of sp³-hybridized carbons (Fsp3) is 0.182. The molecule has 3 aromatic carbocycles. The van der Waals surface area contributed by atoms with Crippen molar-refractivity contribution >= 4 is 40.6 Å². The van der Waals surface area contributed by atoms with Crippen molar-refractivity contribution in [2.24, 2.45) is 0 Å². The van der Waals surface area contributed by atoms with Gasteiger partial charge in [0.25, 0.3) is 11.1 Å². The molecule has 0 bridgehead atoms. The molecule has 4 aromatic rings. The number of imide groups is 1. The molecule has 0 aliphatic carbocycles. The Morgan fingerprint density at radius 1 is 0.930 bits per heavy atom. The summed E-state index contributed by atoms with van der Waals surface area (Å²) in [5, 5.41) is 2.21. The van der Waals surface area contributed by atoms with Gasteiger partial charge in [0.1, 0.15) is 30.5 Å². The van der Waals surface area contributed by atoms with Gasteiger partial charge in [-0.3, -0.25) is 19.3 Å². The summed E-state index contributed by atoms with van der Waals surface area (Å²) in [5.74, 6) is 0.0839. The lowest BCUT2D eigenvalue weighted by atomic mass is 10.2. The molecule has 8 nitrogen and oxygen atoms in total. The quantitative estimate of drug-likeness (QED) is 0.200. The van der Waals surface area contributed by atoms with E-state index >= 15 is 0 Å². The van der Waals surface area contributed by atoms with E-state index in [1.54, 1.807) is 42.5 Å². The first-order valence-electron chi connectivity index (χ1n) is 13.7. The zero-order chi connectivity index (χ0) is 30.5. The van der Waals surface area contributed by atoms with Crippen molar-refractivity contribution < 1.29 is 28.2 Å². The molecule has 1 saturated heterocycles. The monoisotopic (exact) mass is 599 g/mol. The molecule has 1 aliphatic rings. The summed E-state index contributed by atoms with van der Waals surface area (Å²) >= 11 is 0.814. The topological polar surface area (TPSA) is 89.9 Å². The van der Waals surface area contributed by atoms with Gasteiger partial charge >= 0.3 is 0 Å². The Labute approximate surface area is 253 Å². The number of carbonyl (C=O) groups is 3. The Bertz CT molecular complexity index is 1680. The third kappa shape index (κ3) is 6.98. The molecule has 1 aliphatic heterocycles. The number of aryl methyl sites for hydroxylation is 1. The fourth-order valence-corrected chi connectivity index (χ4v) is 5.52. The smallest absolute Gasteiger partial charge is 0.294 e. The molecule has 1 aromatic heterocycles. The van der Waals surface area contributed by atoms with Gasteiger partial charge in [0.2, 0.25) is 5.91 Å². The number of aromatic nitrogens is 1. The van der Waals surface area contributed by atoms with Crippen molar-refractivity contribution in [2.45, 2.75) is 27.4 Å². The minimum absolute atomic E-state index is 0.253. The van der Waals surface area contributed by atoms with E-state index in [9.17, 15) is 18.8 Å². The Balaban J connectivity index is 1.24. The summed E-state index contributed by atoms with van der Waals surface area (Å²) in [4.78, 5) is 39.6. The molecule has 0 atom stereocenters. The predicted molar refractivity (Wildman–Crippen MR) is 165 cm³/mol. The number of nitrogens with one attached hydrogen (secondary N) is 1. The van der Waals surface area contributed by atoms with Crippen LogP contribution >= 0.6 is 11.8 Å². The predicted octanol–water partition coefficient (Wildman–Crippen LogP) is 6.89. The number of carbonyl (C=O) groups excluding carboxylic acids is 3. The van der Waals surface area contributed by atoms with E-state index in [0.29, 0.717) is 30.4 Å². The standard InChI is InChI=1S/C33H30FN3O5S/c1-4-41-28-13-9-26(10-14-28)35-31(38)19-36-32(39)30(43-33(36)40)18-24-17-21(2)37(22(24)3)27-11-15-29(16-12-27)42-20-23-5-7-25(34)8-6-23/h5-18H,4,19-20H2,1-3H3,(H,35,38)/b30-18+. The molecule has 0 radical (unpaired) electrons. The lowest BCUT2D eigenvalue weighted by molar-refractivity contribution is -0.127. The maximum Gasteiger partial charge on any atom is 0.294 e. The van der Waals surface area contributed by atoms with Crippen molar-refractivity contribution in [1.82, 2.24) is 9.47 Å². The van der Waals surface area contributed by atoms with Crippen LogP contribution in [0, 0.1) is 19.7 Å². The molecule has 2 heterocycles. The molecule has 5 rings (SSSR count). The molecule has 0 saturated carbocycles. The number of ether oxygens (including phenoxy) is 2. The average molecular weight is 600 g/mol. The average Bonchev–Trinajstić information content (AvgIpc) is 3.42. The van der Waals surface area contributed by atoms with Crippen molar-refractivity contribution in [3.63, 3.8) is 0 Å². The highest BCUT2D eigenvalue weighted by molar-refractivity contribution is 8.18. The third-order valence-corrected chi connectivity index (χ3v) is 7.70. The van der Waals surface area contributed by atoms with Crippen molar-refractivity contribution in [3.8, 4) is 17.2 Å². The number of thioether (sulfide) groups is 1. The number of nitrogens with zero attached hydrogens (tertiary/aromatic N) is 2. The van der Waals surface area contributed by atoms with Gasteiger partial charge in [-0.05, 0) is 116 Å². The van der Waals surface area contributed by atoms with E-state index in [1.807, 2.05) is 55.7 Å². The van der Waals surface area contributed by atoms with Gasteiger partial charge < -0.3 is 19.4 Å². The summed E-state index contributed by atoms with van der Waals surface area (Å²) in [7, 11) is 0. The summed E-state index contributed by atoms with van der Waals surface area (Å²) < 4.78 is 26.4. The lowest BCUT2D eigenvalue weighted by Gasteiger charge is -2.13. The molecular formula is C33H30FN3O5S. The van der Waals surface area contributed by atoms with Gasteiger partial charge in [0.05, 0.1) is 11.5 Å². The van der Waals surface area contributed by atoms with Gasteiger partial charge in [0.15, 0.2) is 0 Å². The van der Waals surface area contributed by atoms with E-state index in [2.05, 4.69) is 5.32 Å². The highest BCUT2D eigenvalue weighted by Crippen LogP contribution is 2.34. The zero-order valence-electron chi connectivity index (χ0n) is 23.9. The number of anilines is 1. The van der Waals surface area contributed by atoms with E-state index in [1.165, 1.54) is 12.1 Å². The van der Waals surface area contributed by atoms with Crippen LogP contribution in [0.5, 0.6) is 11.5 Å². The second-order valence-corrected chi connectivity index (χ2v) is 10.8. The third-order valence-electron chi connectivity index (χ3n) is 6.79. The minimum Gasteiger partial charge on any atom is -0.494 e. The van der Waals surface area contributed by atoms with Crippen LogP contribution in [0.15, 0.2) is 83.8 Å². The molecule has 3 amide bonds. The highest BCUT2D eigenvalue weighted by atomic mass is 32.2. The molecule has 220 valence electrons. The Kier molecular flexibility index (Phi) is 8.96. The second-order valence-electron chi connectivity index (χ2n) is 9.84. The first-order chi connectivity index (χ1) is 20.7. The molecule has 43 heavy (non-hydrogen) atoms. The second kappa shape index (κ2) is 13.0. The van der Waals surface area contributed by atoms with Crippen LogP contribution in [0.3, 0.4) is 0 Å². The van der Waals surface area contributed by atoms with E-state index in [0.717, 1.165) is 44.9 Å². The number of benzene rings is 3. The van der Waals surface area contributed by atoms with Crippen LogP contribution in [0.2, 0.25) is 0 Å². The summed E-state index contributed by atoms with van der Waals surface area (Å²) in [6, 6.07) is 22.6. The van der Waals surface area contributed by atoms with Gasteiger partial charge in [-0.2, -0.15) is 0 Å². The number of halogens is 1. The summed E-state index contributed by atoms with van der Waals surface area (Å²) in [6.07, 6.45) is 1.69. The number of hydrogen-bond acceptors (Lipinski definition) is 6. The minimum atomic E-state index is -0.510. The normalized spacial score (nSPS) is 14.0. The Morgan fingerprint density at radius 3 is 2.26 bits per heavy atom. The SMILES string of the molecule is CCOc1ccc(NC(=O)CN2C(=O)S/C(=C/c3cc(C)n(-c4ccc(OCc5ccc(F)cc5)cc4)c3C)C2=O)cc1. The van der Waals surface area contributed by atoms with Crippen LogP contribution in [0.25, 0.3) is 11.8 Å². The van der Waals surface area contributed by atoms with Crippen molar-refractivity contribution in [1.29, 1.82) is 0 Å². The van der Waals surface area contributed by atoms with Crippen LogP contribution in [0.4, 0.5) is 14.9 Å². The molecule has 0 spiro atoms. The molecule has 10 heteroatoms. The van der Waals surface area contributed by atoms with Crippen LogP contribution in [-0.4, -0.2) is 39.7 Å². The lowest BCUT2D eigenvalue weighted by Crippen LogP contribution is -2.36. The number of hydrogen-bond donors (Lipinski definition) is 1. The van der Waals surface area contributed by atoms with Gasteiger partial charge in [-0.1, -0.05) is 12.1 Å². The number of rotatable bonds is 10. The van der Waals surface area contributed by atoms with Crippen molar-refractivity contribution in [3.05, 3.63) is 112 Å². The van der Waals surface area contributed by atoms with Gasteiger partial charge in [-0.15, -0.1) is 0 Å². The fourth-order valence-electron chi connectivity index (χ4n) is 4.69. The van der Waals surface area contributed by atoms with Gasteiger partial charge in [-0.25, -0.2) is 4.39 Å². The molecule has 0 unspecified atom stereocenters. The first-order valence-corrected chi connectivity index (χ1v) is 14.5. The Hall–Kier alpha value is -4.83. The number of amides is 3. The van der Waals surface area contributed by atoms with E-state index in [4.69, 9.17) is 9.47 Å². The van der Waals surface area contributed by atoms with Gasteiger partial charge in [0, 0.05) is 22.8 Å². The highest BCUT2D eigenvalue weighted by Gasteiger charge is 2.36. The van der Waals surface area contributed by atoms with Crippen LogP contribution in [0.1, 0.15) is 29.4 Å². The summed E-state index contributed by atoms with van der Waals surface area (Å²) in [6.45, 7) is 6.25. The first kappa shape index (κ1) is 29.7. The maximum atomic E-state index is 13.1. The van der Waals surface area contributed by atoms with E-state index in [-0.39, 0.29) is 17.3 Å².